The van der Waals surface area contributed by atoms with Crippen molar-refractivity contribution in [3.63, 3.8) is 0 Å². The lowest BCUT2D eigenvalue weighted by atomic mass is 10.1. The third-order valence-corrected chi connectivity index (χ3v) is 2.81. The van der Waals surface area contributed by atoms with Gasteiger partial charge in [0.25, 0.3) is 0 Å². The van der Waals surface area contributed by atoms with Crippen LogP contribution in [0.3, 0.4) is 0 Å². The van der Waals surface area contributed by atoms with Crippen LogP contribution in [0.15, 0.2) is 42.6 Å². The Balaban J connectivity index is 2.34. The van der Waals surface area contributed by atoms with Crippen molar-refractivity contribution < 1.29 is 9.84 Å². The van der Waals surface area contributed by atoms with Gasteiger partial charge in [-0.05, 0) is 37.1 Å². The van der Waals surface area contributed by atoms with Gasteiger partial charge in [-0.25, -0.2) is 4.98 Å². The summed E-state index contributed by atoms with van der Waals surface area (Å²) in [5.41, 5.74) is 1.82. The molecular formula is C15H17NO2. The Labute approximate surface area is 107 Å². The lowest BCUT2D eigenvalue weighted by molar-refractivity contribution is 0.194. The van der Waals surface area contributed by atoms with Gasteiger partial charge in [-0.1, -0.05) is 25.1 Å². The molecular weight excluding hydrogens is 226 g/mol. The average Bonchev–Trinajstić information content (AvgIpc) is 2.40. The highest BCUT2D eigenvalue weighted by Crippen LogP contribution is 2.29. The van der Waals surface area contributed by atoms with E-state index in [1.807, 2.05) is 30.3 Å². The predicted molar refractivity (Wildman–Crippen MR) is 70.8 cm³/mol. The van der Waals surface area contributed by atoms with Gasteiger partial charge < -0.3 is 9.84 Å². The topological polar surface area (TPSA) is 42.4 Å². The maximum absolute atomic E-state index is 9.69. The van der Waals surface area contributed by atoms with Gasteiger partial charge in [0.2, 0.25) is 5.88 Å². The van der Waals surface area contributed by atoms with E-state index in [9.17, 15) is 5.11 Å². The molecule has 0 saturated carbocycles. The van der Waals surface area contributed by atoms with E-state index in [0.717, 1.165) is 17.7 Å². The van der Waals surface area contributed by atoms with Crippen LogP contribution in [-0.4, -0.2) is 10.1 Å². The van der Waals surface area contributed by atoms with Crippen LogP contribution < -0.4 is 4.74 Å². The van der Waals surface area contributed by atoms with Gasteiger partial charge in [-0.15, -0.1) is 0 Å². The number of pyridine rings is 1. The lowest BCUT2D eigenvalue weighted by Gasteiger charge is -2.13. The van der Waals surface area contributed by atoms with E-state index >= 15 is 0 Å². The minimum Gasteiger partial charge on any atom is -0.438 e. The molecule has 0 amide bonds. The number of hydrogen-bond donors (Lipinski definition) is 1. The summed E-state index contributed by atoms with van der Waals surface area (Å²) in [5.74, 6) is 1.26. The van der Waals surface area contributed by atoms with Gasteiger partial charge in [0.05, 0.1) is 6.10 Å². The molecule has 3 nitrogen and oxygen atoms in total. The zero-order chi connectivity index (χ0) is 13.0. The molecule has 0 aliphatic heterocycles. The van der Waals surface area contributed by atoms with E-state index in [-0.39, 0.29) is 0 Å². The zero-order valence-corrected chi connectivity index (χ0v) is 10.6. The number of aromatic nitrogens is 1. The molecule has 18 heavy (non-hydrogen) atoms. The lowest BCUT2D eigenvalue weighted by Crippen LogP contribution is -1.99. The largest absolute Gasteiger partial charge is 0.438 e. The van der Waals surface area contributed by atoms with Gasteiger partial charge in [0, 0.05) is 11.8 Å². The fraction of sp³-hybridized carbons (Fsp3) is 0.267. The first-order chi connectivity index (χ1) is 8.72. The van der Waals surface area contributed by atoms with Gasteiger partial charge >= 0.3 is 0 Å². The summed E-state index contributed by atoms with van der Waals surface area (Å²) in [6.45, 7) is 3.78. The van der Waals surface area contributed by atoms with Crippen LogP contribution in [0.4, 0.5) is 0 Å². The predicted octanol–water partition coefficient (Wildman–Crippen LogP) is 3.49. The van der Waals surface area contributed by atoms with Crippen LogP contribution in [0.5, 0.6) is 11.6 Å². The maximum atomic E-state index is 9.69. The van der Waals surface area contributed by atoms with Crippen LogP contribution >= 0.6 is 0 Å². The van der Waals surface area contributed by atoms with Crippen molar-refractivity contribution in [1.29, 1.82) is 0 Å². The number of nitrogens with zero attached hydrogens (tertiary/aromatic N) is 1. The molecule has 0 radical (unpaired) electrons. The van der Waals surface area contributed by atoms with Crippen molar-refractivity contribution in [2.45, 2.75) is 26.4 Å². The monoisotopic (exact) mass is 243 g/mol. The Hall–Kier alpha value is -1.87. The molecule has 0 aliphatic rings. The fourth-order valence-corrected chi connectivity index (χ4v) is 1.81. The Morgan fingerprint density at radius 3 is 2.72 bits per heavy atom. The maximum Gasteiger partial charge on any atom is 0.225 e. The van der Waals surface area contributed by atoms with E-state index in [4.69, 9.17) is 4.74 Å². The molecule has 1 N–H and O–H groups in total. The van der Waals surface area contributed by atoms with Gasteiger partial charge in [0.1, 0.15) is 5.75 Å². The van der Waals surface area contributed by atoms with Crippen molar-refractivity contribution in [3.8, 4) is 11.6 Å². The molecule has 1 aromatic carbocycles. The minimum absolute atomic E-state index is 0.466. The van der Waals surface area contributed by atoms with Crippen LogP contribution in [0.25, 0.3) is 0 Å². The average molecular weight is 243 g/mol. The summed E-state index contributed by atoms with van der Waals surface area (Å²) in [4.78, 5) is 4.19. The summed E-state index contributed by atoms with van der Waals surface area (Å²) in [7, 11) is 0. The van der Waals surface area contributed by atoms with Crippen molar-refractivity contribution in [2.75, 3.05) is 0 Å². The molecule has 0 saturated heterocycles. The molecule has 0 bridgehead atoms. The first-order valence-corrected chi connectivity index (χ1v) is 6.11. The Morgan fingerprint density at radius 1 is 1.22 bits per heavy atom. The summed E-state index contributed by atoms with van der Waals surface area (Å²) >= 11 is 0. The zero-order valence-electron chi connectivity index (χ0n) is 10.6. The molecule has 0 spiro atoms. The highest BCUT2D eigenvalue weighted by atomic mass is 16.5. The number of para-hydroxylation sites is 1. The van der Waals surface area contributed by atoms with Crippen molar-refractivity contribution >= 4 is 0 Å². The summed E-state index contributed by atoms with van der Waals surface area (Å²) in [6.07, 6.45) is 1.96. The third kappa shape index (κ3) is 2.68. The highest BCUT2D eigenvalue weighted by molar-refractivity contribution is 5.38. The summed E-state index contributed by atoms with van der Waals surface area (Å²) < 4.78 is 5.82. The van der Waals surface area contributed by atoms with E-state index in [1.165, 1.54) is 0 Å². The fourth-order valence-electron chi connectivity index (χ4n) is 1.81. The number of rotatable bonds is 4. The molecule has 1 heterocycles. The normalized spacial score (nSPS) is 12.2. The Morgan fingerprint density at radius 2 is 2.00 bits per heavy atom. The highest BCUT2D eigenvalue weighted by Gasteiger charge is 2.11. The van der Waals surface area contributed by atoms with Crippen molar-refractivity contribution in [3.05, 3.63) is 53.7 Å². The molecule has 0 fully saturated rings. The summed E-state index contributed by atoms with van der Waals surface area (Å²) in [5, 5.41) is 9.69. The first kappa shape index (κ1) is 12.6. The van der Waals surface area contributed by atoms with E-state index in [2.05, 4.69) is 11.9 Å². The molecule has 2 rings (SSSR count). The number of benzene rings is 1. The Kier molecular flexibility index (Phi) is 3.95. The quantitative estimate of drug-likeness (QED) is 0.893. The van der Waals surface area contributed by atoms with E-state index < -0.39 is 6.10 Å². The smallest absolute Gasteiger partial charge is 0.225 e. The van der Waals surface area contributed by atoms with Crippen LogP contribution in [-0.2, 0) is 6.42 Å². The molecule has 2 aromatic rings. The number of aliphatic hydroxyl groups excluding tert-OH is 1. The number of aryl methyl sites for hydroxylation is 1. The Bertz CT molecular complexity index is 523. The number of hydrogen-bond acceptors (Lipinski definition) is 3. The van der Waals surface area contributed by atoms with Crippen LogP contribution in [0.2, 0.25) is 0 Å². The van der Waals surface area contributed by atoms with Crippen LogP contribution in [0.1, 0.15) is 31.1 Å². The van der Waals surface area contributed by atoms with Crippen molar-refractivity contribution in [2.24, 2.45) is 0 Å². The van der Waals surface area contributed by atoms with Gasteiger partial charge in [0.15, 0.2) is 0 Å². The first-order valence-electron chi connectivity index (χ1n) is 6.11. The summed E-state index contributed by atoms with van der Waals surface area (Å²) in [6, 6.07) is 11.5. The molecule has 1 atom stereocenters. The van der Waals surface area contributed by atoms with E-state index in [0.29, 0.717) is 11.4 Å². The number of aliphatic hydroxyl groups is 1. The third-order valence-electron chi connectivity index (χ3n) is 2.81. The molecule has 94 valence electrons. The molecule has 3 heteroatoms. The van der Waals surface area contributed by atoms with Crippen molar-refractivity contribution in [1.82, 2.24) is 4.98 Å². The van der Waals surface area contributed by atoms with Gasteiger partial charge in [-0.2, -0.15) is 0 Å². The molecule has 0 aliphatic carbocycles. The minimum atomic E-state index is -0.595. The second-order valence-electron chi connectivity index (χ2n) is 4.14. The van der Waals surface area contributed by atoms with Crippen LogP contribution in [0, 0.1) is 0 Å². The molecule has 0 unspecified atom stereocenters. The second kappa shape index (κ2) is 5.65. The number of ether oxygens (including phenoxy) is 1. The molecule has 1 aromatic heterocycles. The van der Waals surface area contributed by atoms with E-state index in [1.54, 1.807) is 19.2 Å². The standard InChI is InChI=1S/C15H17NO2/c1-3-12-7-4-5-9-14(12)18-15-13(11(2)17)8-6-10-16-15/h4-11,17H,3H2,1-2H3/t11-/m0/s1. The second-order valence-corrected chi connectivity index (χ2v) is 4.14. The van der Waals surface area contributed by atoms with Gasteiger partial charge in [-0.3, -0.25) is 0 Å². The SMILES string of the molecule is CCc1ccccc1Oc1ncccc1[C@H](C)O.